The molecular formula is C35H41FN2O5. The van der Waals surface area contributed by atoms with E-state index in [-0.39, 0.29) is 30.1 Å². The summed E-state index contributed by atoms with van der Waals surface area (Å²) in [5.41, 5.74) is 3.74. The number of morpholine rings is 1. The van der Waals surface area contributed by atoms with Crippen LogP contribution in [-0.2, 0) is 19.1 Å². The summed E-state index contributed by atoms with van der Waals surface area (Å²) in [5, 5.41) is 3.24. The maximum Gasteiger partial charge on any atom is 0.303 e. The maximum absolute atomic E-state index is 16.1. The first kappa shape index (κ1) is 29.7. The van der Waals surface area contributed by atoms with E-state index in [0.29, 0.717) is 50.9 Å². The highest BCUT2D eigenvalue weighted by molar-refractivity contribution is 5.91. The number of hydrogen-bond acceptors (Lipinski definition) is 7. The highest BCUT2D eigenvalue weighted by Crippen LogP contribution is 2.70. The molecule has 7 atom stereocenters. The van der Waals surface area contributed by atoms with Crippen LogP contribution in [0.3, 0.4) is 0 Å². The third-order valence-corrected chi connectivity index (χ3v) is 11.1. The zero-order valence-electron chi connectivity index (χ0n) is 25.4. The SMILES string of the molecule is CC#C[C@]1(C(=O)COC(C)=O)CC[C@H]2[C@@H]3CC(F)C4=CC(N=O)CCC4=C3C(c3ccc(N4CCOCC4)cc3)C[C@@]21C. The summed E-state index contributed by atoms with van der Waals surface area (Å²) in [7, 11) is 0. The number of allylic oxidation sites excluding steroid dienone is 3. The third kappa shape index (κ3) is 4.94. The summed E-state index contributed by atoms with van der Waals surface area (Å²) in [6, 6.07) is 8.22. The van der Waals surface area contributed by atoms with Gasteiger partial charge < -0.3 is 14.4 Å². The first-order valence-electron chi connectivity index (χ1n) is 15.7. The second-order valence-corrected chi connectivity index (χ2v) is 13.1. The Morgan fingerprint density at radius 2 is 1.93 bits per heavy atom. The van der Waals surface area contributed by atoms with E-state index in [1.165, 1.54) is 12.5 Å². The number of benzene rings is 1. The maximum atomic E-state index is 16.1. The highest BCUT2D eigenvalue weighted by Gasteiger charge is 2.66. The van der Waals surface area contributed by atoms with E-state index >= 15 is 4.39 Å². The van der Waals surface area contributed by atoms with Crippen LogP contribution in [-0.4, -0.2) is 56.9 Å². The average molecular weight is 589 g/mol. The van der Waals surface area contributed by atoms with Crippen LogP contribution in [0.2, 0.25) is 0 Å². The number of alkyl halides is 1. The largest absolute Gasteiger partial charge is 0.458 e. The standard InChI is InChI=1S/C35H41FN2O5/c1-4-12-35(32(40)21-43-22(2)39)13-11-30-28-19-31(36)27-18-24(37-41)7-10-26(27)33(28)29(20-34(30,35)3)23-5-8-25(9-6-23)38-14-16-42-17-15-38/h5-6,8-9,18,24,28-31H,7,10-11,13-17,19-21H2,1-3H3/t24?,28-,29?,30-,31?,34-,35+/m0/s1. The smallest absolute Gasteiger partial charge is 0.303 e. The van der Waals surface area contributed by atoms with Gasteiger partial charge in [0.05, 0.1) is 18.6 Å². The summed E-state index contributed by atoms with van der Waals surface area (Å²) in [4.78, 5) is 39.4. The number of Topliss-reactive ketones (excluding diaryl/α,β-unsaturated/α-hetero) is 1. The Bertz CT molecular complexity index is 1420. The molecule has 3 fully saturated rings. The molecule has 0 amide bonds. The molecule has 7 nitrogen and oxygen atoms in total. The molecule has 228 valence electrons. The van der Waals surface area contributed by atoms with E-state index in [0.717, 1.165) is 36.3 Å². The lowest BCUT2D eigenvalue weighted by Crippen LogP contribution is -2.52. The molecule has 43 heavy (non-hydrogen) atoms. The summed E-state index contributed by atoms with van der Waals surface area (Å²) >= 11 is 0. The zero-order valence-corrected chi connectivity index (χ0v) is 25.4. The number of rotatable bonds is 6. The molecule has 0 bridgehead atoms. The Balaban J connectivity index is 1.47. The summed E-state index contributed by atoms with van der Waals surface area (Å²) in [5.74, 6) is 5.72. The molecule has 1 heterocycles. The molecule has 0 radical (unpaired) electrons. The van der Waals surface area contributed by atoms with Gasteiger partial charge in [0.2, 0.25) is 0 Å². The molecule has 8 heteroatoms. The van der Waals surface area contributed by atoms with Crippen LogP contribution in [0.1, 0.15) is 70.8 Å². The van der Waals surface area contributed by atoms with Gasteiger partial charge >= 0.3 is 5.97 Å². The van der Waals surface area contributed by atoms with Crippen molar-refractivity contribution in [2.45, 2.75) is 77.4 Å². The molecule has 1 aromatic carbocycles. The van der Waals surface area contributed by atoms with Crippen molar-refractivity contribution >= 4 is 17.4 Å². The highest BCUT2D eigenvalue weighted by atomic mass is 19.1. The molecular weight excluding hydrogens is 547 g/mol. The van der Waals surface area contributed by atoms with Gasteiger partial charge in [0.25, 0.3) is 0 Å². The number of nitrogens with zero attached hydrogens (tertiary/aromatic N) is 2. The number of ether oxygens (including phenoxy) is 2. The number of esters is 1. The van der Waals surface area contributed by atoms with E-state index in [2.05, 4.69) is 53.1 Å². The van der Waals surface area contributed by atoms with Gasteiger partial charge in [0, 0.05) is 31.6 Å². The number of ketones is 1. The van der Waals surface area contributed by atoms with Gasteiger partial charge in [-0.25, -0.2) is 4.39 Å². The second-order valence-electron chi connectivity index (χ2n) is 13.1. The molecule has 0 spiro atoms. The van der Waals surface area contributed by atoms with Crippen LogP contribution in [0.4, 0.5) is 10.1 Å². The number of halogens is 1. The Labute approximate surface area is 253 Å². The average Bonchev–Trinajstić information content (AvgIpc) is 3.32. The van der Waals surface area contributed by atoms with Gasteiger partial charge in [-0.05, 0) is 91.5 Å². The lowest BCUT2D eigenvalue weighted by atomic mass is 9.48. The van der Waals surface area contributed by atoms with E-state index < -0.39 is 29.0 Å². The summed E-state index contributed by atoms with van der Waals surface area (Å²) < 4.78 is 26.8. The normalized spacial score (nSPS) is 35.0. The van der Waals surface area contributed by atoms with Crippen molar-refractivity contribution < 1.29 is 23.5 Å². The second kappa shape index (κ2) is 11.6. The van der Waals surface area contributed by atoms with Crippen molar-refractivity contribution in [1.82, 2.24) is 0 Å². The van der Waals surface area contributed by atoms with E-state index in [1.54, 1.807) is 13.0 Å². The number of fused-ring (bicyclic) bond motifs is 4. The predicted molar refractivity (Wildman–Crippen MR) is 162 cm³/mol. The number of nitroso groups, excluding NO2 is 1. The van der Waals surface area contributed by atoms with Crippen LogP contribution in [0.25, 0.3) is 0 Å². The van der Waals surface area contributed by atoms with E-state index in [4.69, 9.17) is 9.47 Å². The number of carbonyl (C=O) groups is 2. The van der Waals surface area contributed by atoms with Gasteiger partial charge in [-0.3, -0.25) is 9.59 Å². The van der Waals surface area contributed by atoms with Crippen LogP contribution in [0.5, 0.6) is 0 Å². The molecule has 1 saturated heterocycles. The van der Waals surface area contributed by atoms with Crippen molar-refractivity contribution in [2.24, 2.45) is 27.8 Å². The van der Waals surface area contributed by atoms with Gasteiger partial charge in [-0.1, -0.05) is 41.8 Å². The number of hydrogen-bond donors (Lipinski definition) is 0. The zero-order chi connectivity index (χ0) is 30.4. The molecule has 2 saturated carbocycles. The quantitative estimate of drug-likeness (QED) is 0.228. The molecule has 5 aliphatic rings. The minimum atomic E-state index is -1.18. The molecule has 6 rings (SSSR count). The van der Waals surface area contributed by atoms with E-state index in [9.17, 15) is 14.5 Å². The lowest BCUT2D eigenvalue weighted by Gasteiger charge is -2.55. The van der Waals surface area contributed by atoms with Crippen molar-refractivity contribution in [3.63, 3.8) is 0 Å². The van der Waals surface area contributed by atoms with Crippen LogP contribution in [0.15, 0.2) is 52.2 Å². The molecule has 1 aliphatic heterocycles. The minimum Gasteiger partial charge on any atom is -0.458 e. The topological polar surface area (TPSA) is 85.3 Å². The van der Waals surface area contributed by atoms with Crippen LogP contribution >= 0.6 is 0 Å². The fraction of sp³-hybridized carbons (Fsp3) is 0.600. The Kier molecular flexibility index (Phi) is 8.06. The van der Waals surface area contributed by atoms with Crippen LogP contribution < -0.4 is 4.90 Å². The fourth-order valence-corrected chi connectivity index (χ4v) is 9.14. The molecule has 0 N–H and O–H groups in total. The molecule has 4 aliphatic carbocycles. The third-order valence-electron chi connectivity index (χ3n) is 11.1. The first-order chi connectivity index (χ1) is 20.7. The lowest BCUT2D eigenvalue weighted by molar-refractivity contribution is -0.150. The summed E-state index contributed by atoms with van der Waals surface area (Å²) in [6.45, 7) is 8.04. The Hall–Kier alpha value is -3.31. The monoisotopic (exact) mass is 588 g/mol. The van der Waals surface area contributed by atoms with Gasteiger partial charge in [-0.2, -0.15) is 4.91 Å². The van der Waals surface area contributed by atoms with Gasteiger partial charge in [-0.15, -0.1) is 5.92 Å². The number of carbonyl (C=O) groups excluding carboxylic acids is 2. The first-order valence-corrected chi connectivity index (χ1v) is 15.7. The number of anilines is 1. The Morgan fingerprint density at radius 1 is 1.19 bits per heavy atom. The van der Waals surface area contributed by atoms with Crippen molar-refractivity contribution in [3.8, 4) is 11.8 Å². The van der Waals surface area contributed by atoms with Gasteiger partial charge in [0.1, 0.15) is 12.2 Å². The summed E-state index contributed by atoms with van der Waals surface area (Å²) in [6.07, 6.45) is 4.13. The Morgan fingerprint density at radius 3 is 2.60 bits per heavy atom. The molecule has 1 aromatic rings. The minimum absolute atomic E-state index is 0.0331. The molecule has 3 unspecified atom stereocenters. The predicted octanol–water partition coefficient (Wildman–Crippen LogP) is 6.08. The molecule has 0 aromatic heterocycles. The van der Waals surface area contributed by atoms with Crippen LogP contribution in [0, 0.1) is 39.4 Å². The fourth-order valence-electron chi connectivity index (χ4n) is 9.14. The van der Waals surface area contributed by atoms with Crippen molar-refractivity contribution in [2.75, 3.05) is 37.8 Å². The van der Waals surface area contributed by atoms with Gasteiger partial charge in [0.15, 0.2) is 12.4 Å². The van der Waals surface area contributed by atoms with Crippen molar-refractivity contribution in [3.05, 3.63) is 57.5 Å². The van der Waals surface area contributed by atoms with E-state index in [1.807, 2.05) is 0 Å². The van der Waals surface area contributed by atoms with Crippen molar-refractivity contribution in [1.29, 1.82) is 0 Å².